The van der Waals surface area contributed by atoms with E-state index >= 15 is 0 Å². The summed E-state index contributed by atoms with van der Waals surface area (Å²) in [6.07, 6.45) is 20.0. The van der Waals surface area contributed by atoms with Gasteiger partial charge in [0, 0.05) is 0 Å². The smallest absolute Gasteiger partial charge is 0.0154 e. The van der Waals surface area contributed by atoms with Gasteiger partial charge < -0.3 is 0 Å². The molecule has 0 aromatic carbocycles. The van der Waals surface area contributed by atoms with Gasteiger partial charge in [-0.1, -0.05) is 73.6 Å². The average Bonchev–Trinajstić information content (AvgIpc) is 2.72. The first-order valence-corrected chi connectivity index (χ1v) is 6.86. The lowest BCUT2D eigenvalue weighted by atomic mass is 10.0. The predicted octanol–water partition coefficient (Wildman–Crippen LogP) is 5.68. The maximum atomic E-state index is 2.30. The third-order valence-corrected chi connectivity index (χ3v) is 2.94. The van der Waals surface area contributed by atoms with Crippen LogP contribution in [-0.4, -0.2) is 0 Å². The van der Waals surface area contributed by atoms with Crippen LogP contribution < -0.4 is 0 Å². The summed E-state index contributed by atoms with van der Waals surface area (Å²) >= 11 is 0. The molecule has 0 bridgehead atoms. The van der Waals surface area contributed by atoms with Crippen LogP contribution in [0.25, 0.3) is 0 Å². The van der Waals surface area contributed by atoms with Crippen LogP contribution in [0.2, 0.25) is 0 Å². The molecule has 0 unspecified atom stereocenters. The zero-order valence-electron chi connectivity index (χ0n) is 12.0. The van der Waals surface area contributed by atoms with Crippen molar-refractivity contribution in [1.29, 1.82) is 0 Å². The van der Waals surface area contributed by atoms with Crippen molar-refractivity contribution >= 4 is 0 Å². The van der Waals surface area contributed by atoms with E-state index in [9.17, 15) is 0 Å². The Morgan fingerprint density at radius 1 is 0.611 bits per heavy atom. The fraction of sp³-hybridized carbons (Fsp3) is 0.333. The summed E-state index contributed by atoms with van der Waals surface area (Å²) in [7, 11) is 0. The largest absolute Gasteiger partial charge is 0.0778 e. The van der Waals surface area contributed by atoms with Crippen molar-refractivity contribution in [1.82, 2.24) is 0 Å². The van der Waals surface area contributed by atoms with E-state index in [4.69, 9.17) is 0 Å². The lowest BCUT2D eigenvalue weighted by molar-refractivity contribution is 1.31. The molecule has 0 fully saturated rings. The van der Waals surface area contributed by atoms with Gasteiger partial charge in [0.2, 0.25) is 0 Å². The summed E-state index contributed by atoms with van der Waals surface area (Å²) in [5.41, 5.74) is 5.37. The molecule has 2 aliphatic carbocycles. The highest BCUT2D eigenvalue weighted by atomic mass is 14.1. The average molecular weight is 240 g/mol. The fourth-order valence-corrected chi connectivity index (χ4v) is 1.89. The first kappa shape index (κ1) is 14.5. The molecule has 0 aliphatic heterocycles. The SMILES string of the molecule is CC.CC1=CCC=C(C2=CCC=C(C)C=C2)C=C1. The van der Waals surface area contributed by atoms with E-state index in [1.807, 2.05) is 13.8 Å². The molecule has 2 aliphatic rings. The molecule has 0 amide bonds. The monoisotopic (exact) mass is 240 g/mol. The molecule has 0 radical (unpaired) electrons. The number of rotatable bonds is 1. The molecule has 0 saturated carbocycles. The van der Waals surface area contributed by atoms with E-state index < -0.39 is 0 Å². The van der Waals surface area contributed by atoms with E-state index in [1.165, 1.54) is 22.3 Å². The van der Waals surface area contributed by atoms with Crippen LogP contribution in [-0.2, 0) is 0 Å². The van der Waals surface area contributed by atoms with Crippen molar-refractivity contribution in [2.75, 3.05) is 0 Å². The summed E-state index contributed by atoms with van der Waals surface area (Å²) in [4.78, 5) is 0. The fourth-order valence-electron chi connectivity index (χ4n) is 1.89. The highest BCUT2D eigenvalue weighted by Crippen LogP contribution is 2.21. The van der Waals surface area contributed by atoms with Crippen molar-refractivity contribution in [3.8, 4) is 0 Å². The van der Waals surface area contributed by atoms with Gasteiger partial charge in [-0.05, 0) is 37.8 Å². The summed E-state index contributed by atoms with van der Waals surface area (Å²) in [6, 6.07) is 0. The third kappa shape index (κ3) is 4.37. The quantitative estimate of drug-likeness (QED) is 0.553. The Morgan fingerprint density at radius 3 is 1.39 bits per heavy atom. The van der Waals surface area contributed by atoms with E-state index in [1.54, 1.807) is 0 Å². The molecule has 0 aromatic rings. The molecule has 0 saturated heterocycles. The molecule has 2 rings (SSSR count). The van der Waals surface area contributed by atoms with Gasteiger partial charge in [-0.2, -0.15) is 0 Å². The normalized spacial score (nSPS) is 18.4. The Balaban J connectivity index is 0.000000771. The van der Waals surface area contributed by atoms with Gasteiger partial charge in [0.25, 0.3) is 0 Å². The lowest BCUT2D eigenvalue weighted by Gasteiger charge is -2.01. The molecule has 0 spiro atoms. The van der Waals surface area contributed by atoms with Crippen molar-refractivity contribution in [3.05, 3.63) is 70.9 Å². The van der Waals surface area contributed by atoms with Gasteiger partial charge in [0.15, 0.2) is 0 Å². The standard InChI is InChI=1S/C16H18.C2H6/c1-13-5-3-7-15(11-9-13)16-8-4-6-14(2)10-12-16;1-2/h5-12H,3-4H2,1-2H3;1-2H3. The van der Waals surface area contributed by atoms with E-state index in [2.05, 4.69) is 62.5 Å². The molecule has 96 valence electrons. The van der Waals surface area contributed by atoms with Crippen LogP contribution in [0.4, 0.5) is 0 Å². The highest BCUT2D eigenvalue weighted by molar-refractivity contribution is 5.51. The minimum Gasteiger partial charge on any atom is -0.0778 e. The molecule has 18 heavy (non-hydrogen) atoms. The molecular formula is C18H24. The number of hydrogen-bond donors (Lipinski definition) is 0. The first-order chi connectivity index (χ1) is 8.75. The van der Waals surface area contributed by atoms with Gasteiger partial charge in [-0.25, -0.2) is 0 Å². The highest BCUT2D eigenvalue weighted by Gasteiger charge is 2.02. The minimum absolute atomic E-state index is 1.03. The van der Waals surface area contributed by atoms with Crippen LogP contribution in [0.3, 0.4) is 0 Å². The van der Waals surface area contributed by atoms with E-state index in [-0.39, 0.29) is 0 Å². The van der Waals surface area contributed by atoms with E-state index in [0.717, 1.165) is 12.8 Å². The Labute approximate surface area is 112 Å². The minimum atomic E-state index is 1.03. The van der Waals surface area contributed by atoms with Crippen LogP contribution >= 0.6 is 0 Å². The van der Waals surface area contributed by atoms with Crippen molar-refractivity contribution in [2.24, 2.45) is 0 Å². The second-order valence-corrected chi connectivity index (χ2v) is 4.35. The summed E-state index contributed by atoms with van der Waals surface area (Å²) < 4.78 is 0. The van der Waals surface area contributed by atoms with Crippen molar-refractivity contribution < 1.29 is 0 Å². The zero-order valence-corrected chi connectivity index (χ0v) is 12.0. The molecule has 0 heteroatoms. The molecule has 0 heterocycles. The van der Waals surface area contributed by atoms with Crippen LogP contribution in [0.15, 0.2) is 70.9 Å². The third-order valence-electron chi connectivity index (χ3n) is 2.94. The maximum absolute atomic E-state index is 2.30. The Morgan fingerprint density at radius 2 is 1.00 bits per heavy atom. The van der Waals surface area contributed by atoms with Gasteiger partial charge >= 0.3 is 0 Å². The summed E-state index contributed by atoms with van der Waals surface area (Å²) in [5.74, 6) is 0. The molecular weight excluding hydrogens is 216 g/mol. The van der Waals surface area contributed by atoms with E-state index in [0.29, 0.717) is 0 Å². The molecule has 0 atom stereocenters. The van der Waals surface area contributed by atoms with Crippen LogP contribution in [0, 0.1) is 0 Å². The Bertz CT molecular complexity index is 404. The van der Waals surface area contributed by atoms with Crippen molar-refractivity contribution in [3.63, 3.8) is 0 Å². The second kappa shape index (κ2) is 7.71. The van der Waals surface area contributed by atoms with Gasteiger partial charge in [-0.3, -0.25) is 0 Å². The molecule has 0 N–H and O–H groups in total. The maximum Gasteiger partial charge on any atom is -0.0154 e. The first-order valence-electron chi connectivity index (χ1n) is 6.86. The van der Waals surface area contributed by atoms with Crippen molar-refractivity contribution in [2.45, 2.75) is 40.5 Å². The predicted molar refractivity (Wildman–Crippen MR) is 82.5 cm³/mol. The van der Waals surface area contributed by atoms with Crippen LogP contribution in [0.5, 0.6) is 0 Å². The molecule has 0 nitrogen and oxygen atoms in total. The Hall–Kier alpha value is -1.56. The topological polar surface area (TPSA) is 0 Å². The Kier molecular flexibility index (Phi) is 6.21. The zero-order chi connectivity index (χ0) is 13.4. The molecule has 0 aromatic heterocycles. The summed E-state index contributed by atoms with van der Waals surface area (Å²) in [6.45, 7) is 8.30. The second-order valence-electron chi connectivity index (χ2n) is 4.35. The van der Waals surface area contributed by atoms with Gasteiger partial charge in [0.05, 0.1) is 0 Å². The van der Waals surface area contributed by atoms with Gasteiger partial charge in [0.1, 0.15) is 0 Å². The number of hydrogen-bond acceptors (Lipinski definition) is 0. The van der Waals surface area contributed by atoms with Gasteiger partial charge in [-0.15, -0.1) is 0 Å². The number of allylic oxidation sites excluding steroid dienone is 12. The summed E-state index contributed by atoms with van der Waals surface area (Å²) in [5, 5.41) is 0. The lowest BCUT2D eigenvalue weighted by Crippen LogP contribution is -1.82. The van der Waals surface area contributed by atoms with Crippen LogP contribution in [0.1, 0.15) is 40.5 Å².